The van der Waals surface area contributed by atoms with Crippen molar-refractivity contribution in [3.63, 3.8) is 0 Å². The molecule has 1 aliphatic rings. The molecule has 1 aromatic heterocycles. The molecule has 1 atom stereocenters. The van der Waals surface area contributed by atoms with Gasteiger partial charge < -0.3 is 0 Å². The zero-order valence-electron chi connectivity index (χ0n) is 8.49. The Bertz CT molecular complexity index is 329. The summed E-state index contributed by atoms with van der Waals surface area (Å²) < 4.78 is 0. The molecular weight excluding hydrogens is 174 g/mol. The third-order valence-corrected chi connectivity index (χ3v) is 2.86. The normalized spacial score (nSPS) is 21.5. The second kappa shape index (κ2) is 3.91. The molecule has 2 heteroatoms. The lowest BCUT2D eigenvalue weighted by Gasteiger charge is -2.06. The van der Waals surface area contributed by atoms with E-state index in [0.29, 0.717) is 5.78 Å². The van der Waals surface area contributed by atoms with E-state index in [1.807, 2.05) is 19.2 Å². The van der Waals surface area contributed by atoms with Crippen LogP contribution in [0.15, 0.2) is 18.3 Å². The second-order valence-electron chi connectivity index (χ2n) is 4.09. The first-order valence-electron chi connectivity index (χ1n) is 5.20. The largest absolute Gasteiger partial charge is 0.299 e. The monoisotopic (exact) mass is 189 g/mol. The highest BCUT2D eigenvalue weighted by molar-refractivity contribution is 5.83. The van der Waals surface area contributed by atoms with Crippen LogP contribution in [0.4, 0.5) is 0 Å². The van der Waals surface area contributed by atoms with Gasteiger partial charge in [0.25, 0.3) is 0 Å². The fourth-order valence-corrected chi connectivity index (χ4v) is 1.98. The molecule has 0 aliphatic heterocycles. The molecule has 0 spiro atoms. The van der Waals surface area contributed by atoms with Gasteiger partial charge in [-0.05, 0) is 37.8 Å². The van der Waals surface area contributed by atoms with Gasteiger partial charge in [-0.25, -0.2) is 0 Å². The number of rotatable bonds is 2. The molecule has 14 heavy (non-hydrogen) atoms. The van der Waals surface area contributed by atoms with Gasteiger partial charge in [0.1, 0.15) is 5.78 Å². The van der Waals surface area contributed by atoms with Crippen LogP contribution < -0.4 is 0 Å². The van der Waals surface area contributed by atoms with Crippen LogP contribution in [0.5, 0.6) is 0 Å². The van der Waals surface area contributed by atoms with E-state index in [2.05, 4.69) is 11.1 Å². The van der Waals surface area contributed by atoms with Crippen LogP contribution in [0, 0.1) is 12.8 Å². The van der Waals surface area contributed by atoms with Crippen LogP contribution in [0.25, 0.3) is 0 Å². The van der Waals surface area contributed by atoms with Gasteiger partial charge in [-0.1, -0.05) is 6.07 Å². The maximum Gasteiger partial charge on any atom is 0.136 e. The van der Waals surface area contributed by atoms with Gasteiger partial charge in [0.05, 0.1) is 0 Å². The van der Waals surface area contributed by atoms with Crippen molar-refractivity contribution in [3.8, 4) is 0 Å². The highest BCUT2D eigenvalue weighted by Crippen LogP contribution is 2.24. The van der Waals surface area contributed by atoms with E-state index < -0.39 is 0 Å². The Morgan fingerprint density at radius 1 is 1.50 bits per heavy atom. The summed E-state index contributed by atoms with van der Waals surface area (Å²) in [7, 11) is 0. The maximum absolute atomic E-state index is 11.4. The molecule has 1 heterocycles. The number of Topliss-reactive ketones (excluding diaryl/α,β-unsaturated/α-hetero) is 1. The van der Waals surface area contributed by atoms with E-state index in [9.17, 15) is 4.79 Å². The number of nitrogens with zero attached hydrogens (tertiary/aromatic N) is 1. The summed E-state index contributed by atoms with van der Waals surface area (Å²) in [5.41, 5.74) is 2.22. The molecule has 0 bridgehead atoms. The van der Waals surface area contributed by atoms with Gasteiger partial charge in [-0.15, -0.1) is 0 Å². The number of hydrogen-bond donors (Lipinski definition) is 0. The molecule has 1 aromatic rings. The van der Waals surface area contributed by atoms with Crippen LogP contribution in [0.1, 0.15) is 30.5 Å². The maximum atomic E-state index is 11.4. The van der Waals surface area contributed by atoms with E-state index in [1.165, 1.54) is 5.56 Å². The molecule has 0 saturated heterocycles. The Hall–Kier alpha value is -1.18. The van der Waals surface area contributed by atoms with Crippen molar-refractivity contribution in [2.24, 2.45) is 5.92 Å². The molecule has 1 aliphatic carbocycles. The summed E-state index contributed by atoms with van der Waals surface area (Å²) in [5, 5.41) is 0. The summed E-state index contributed by atoms with van der Waals surface area (Å²) in [6.45, 7) is 2.03. The van der Waals surface area contributed by atoms with Gasteiger partial charge in [0.2, 0.25) is 0 Å². The van der Waals surface area contributed by atoms with Gasteiger partial charge in [-0.2, -0.15) is 0 Å². The lowest BCUT2D eigenvalue weighted by molar-refractivity contribution is -0.120. The van der Waals surface area contributed by atoms with E-state index in [1.54, 1.807) is 0 Å². The average molecular weight is 189 g/mol. The van der Waals surface area contributed by atoms with Crippen molar-refractivity contribution in [1.29, 1.82) is 0 Å². The Balaban J connectivity index is 2.03. The van der Waals surface area contributed by atoms with Crippen LogP contribution >= 0.6 is 0 Å². The van der Waals surface area contributed by atoms with E-state index in [4.69, 9.17) is 0 Å². The van der Waals surface area contributed by atoms with Crippen LogP contribution in [-0.2, 0) is 11.2 Å². The van der Waals surface area contributed by atoms with Crippen LogP contribution in [0.2, 0.25) is 0 Å². The topological polar surface area (TPSA) is 30.0 Å². The van der Waals surface area contributed by atoms with E-state index in [-0.39, 0.29) is 5.92 Å². The minimum absolute atomic E-state index is 0.241. The van der Waals surface area contributed by atoms with Gasteiger partial charge >= 0.3 is 0 Å². The fourth-order valence-electron chi connectivity index (χ4n) is 1.98. The SMILES string of the molecule is Cc1ccc(CC2CCCC2=O)nc1. The summed E-state index contributed by atoms with van der Waals surface area (Å²) >= 11 is 0. The Morgan fingerprint density at radius 3 is 2.93 bits per heavy atom. The quantitative estimate of drug-likeness (QED) is 0.714. The first-order valence-corrected chi connectivity index (χ1v) is 5.20. The van der Waals surface area contributed by atoms with Gasteiger partial charge in [0, 0.05) is 24.2 Å². The Morgan fingerprint density at radius 2 is 2.36 bits per heavy atom. The number of hydrogen-bond acceptors (Lipinski definition) is 2. The summed E-state index contributed by atoms with van der Waals surface area (Å²) in [6.07, 6.45) is 5.59. The fraction of sp³-hybridized carbons (Fsp3) is 0.500. The smallest absolute Gasteiger partial charge is 0.136 e. The molecule has 1 fully saturated rings. The first-order chi connectivity index (χ1) is 6.75. The predicted octanol–water partition coefficient (Wildman–Crippen LogP) is 2.30. The summed E-state index contributed by atoms with van der Waals surface area (Å²) in [4.78, 5) is 15.7. The van der Waals surface area contributed by atoms with Crippen molar-refractivity contribution in [2.45, 2.75) is 32.6 Å². The van der Waals surface area contributed by atoms with Crippen molar-refractivity contribution in [2.75, 3.05) is 0 Å². The van der Waals surface area contributed by atoms with Crippen molar-refractivity contribution >= 4 is 5.78 Å². The minimum Gasteiger partial charge on any atom is -0.299 e. The number of carbonyl (C=O) groups excluding carboxylic acids is 1. The molecule has 0 N–H and O–H groups in total. The third-order valence-electron chi connectivity index (χ3n) is 2.86. The van der Waals surface area contributed by atoms with E-state index in [0.717, 1.165) is 31.4 Å². The average Bonchev–Trinajstić information content (AvgIpc) is 2.56. The number of pyridine rings is 1. The van der Waals surface area contributed by atoms with Gasteiger partial charge in [0.15, 0.2) is 0 Å². The molecule has 1 saturated carbocycles. The standard InChI is InChI=1S/C12H15NO/c1-9-5-6-11(13-8-9)7-10-3-2-4-12(10)14/h5-6,8,10H,2-4,7H2,1H3. The minimum atomic E-state index is 0.241. The Labute approximate surface area is 84.4 Å². The molecule has 0 amide bonds. The lowest BCUT2D eigenvalue weighted by Crippen LogP contribution is -2.10. The summed E-state index contributed by atoms with van der Waals surface area (Å²) in [5.74, 6) is 0.664. The zero-order valence-corrected chi connectivity index (χ0v) is 8.49. The second-order valence-corrected chi connectivity index (χ2v) is 4.09. The number of carbonyl (C=O) groups is 1. The molecule has 74 valence electrons. The molecule has 2 nitrogen and oxygen atoms in total. The lowest BCUT2D eigenvalue weighted by atomic mass is 10.0. The van der Waals surface area contributed by atoms with Crippen LogP contribution in [-0.4, -0.2) is 10.8 Å². The van der Waals surface area contributed by atoms with Crippen LogP contribution in [0.3, 0.4) is 0 Å². The van der Waals surface area contributed by atoms with E-state index >= 15 is 0 Å². The predicted molar refractivity (Wildman–Crippen MR) is 55.0 cm³/mol. The number of aromatic nitrogens is 1. The summed E-state index contributed by atoms with van der Waals surface area (Å²) in [6, 6.07) is 4.09. The third kappa shape index (κ3) is 2.00. The van der Waals surface area contributed by atoms with Gasteiger partial charge in [-0.3, -0.25) is 9.78 Å². The molecular formula is C12H15NO. The van der Waals surface area contributed by atoms with Crippen molar-refractivity contribution < 1.29 is 4.79 Å². The molecule has 2 rings (SSSR count). The number of aryl methyl sites for hydroxylation is 1. The first kappa shape index (κ1) is 9.38. The van der Waals surface area contributed by atoms with Crippen molar-refractivity contribution in [1.82, 2.24) is 4.98 Å². The molecule has 0 radical (unpaired) electrons. The zero-order chi connectivity index (χ0) is 9.97. The number of ketones is 1. The highest BCUT2D eigenvalue weighted by atomic mass is 16.1. The highest BCUT2D eigenvalue weighted by Gasteiger charge is 2.24. The molecule has 1 unspecified atom stereocenters. The Kier molecular flexibility index (Phi) is 2.62. The van der Waals surface area contributed by atoms with Crippen molar-refractivity contribution in [3.05, 3.63) is 29.6 Å². The molecule has 0 aromatic carbocycles.